The van der Waals surface area contributed by atoms with Gasteiger partial charge >= 0.3 is 0 Å². The van der Waals surface area contributed by atoms with E-state index in [0.29, 0.717) is 0 Å². The van der Waals surface area contributed by atoms with Gasteiger partial charge in [-0.1, -0.05) is 97.1 Å². The summed E-state index contributed by atoms with van der Waals surface area (Å²) >= 11 is 0. The third-order valence-corrected chi connectivity index (χ3v) is 8.91. The van der Waals surface area contributed by atoms with E-state index in [1.165, 1.54) is 0 Å². The lowest BCUT2D eigenvalue weighted by molar-refractivity contribution is -0.185. The summed E-state index contributed by atoms with van der Waals surface area (Å²) in [6.45, 7) is 0. The number of benzene rings is 4. The Morgan fingerprint density at radius 1 is 0.395 bits per heavy atom. The van der Waals surface area contributed by atoms with Crippen LogP contribution >= 0.6 is 0 Å². The minimum atomic E-state index is -1.21. The molecule has 6 atom stereocenters. The normalized spacial score (nSPS) is 31.9. The summed E-state index contributed by atoms with van der Waals surface area (Å²) in [6, 6.07) is 31.9. The molecule has 3 fully saturated rings. The van der Waals surface area contributed by atoms with Crippen LogP contribution in [0.15, 0.2) is 97.1 Å². The number of ether oxygens (including phenoxy) is 4. The molecule has 2 unspecified atom stereocenters. The highest BCUT2D eigenvalue weighted by Crippen LogP contribution is 2.60. The number of fused-ring (bicyclic) bond motifs is 12. The predicted octanol–water partition coefficient (Wildman–Crippen LogP) is 4.05. The fourth-order valence-electron chi connectivity index (χ4n) is 7.34. The van der Waals surface area contributed by atoms with Crippen molar-refractivity contribution in [2.24, 2.45) is 0 Å². The van der Waals surface area contributed by atoms with Gasteiger partial charge in [0, 0.05) is 22.3 Å². The topological polar surface area (TPSA) is 77.4 Å². The van der Waals surface area contributed by atoms with Gasteiger partial charge in [0.15, 0.2) is 0 Å². The van der Waals surface area contributed by atoms with Crippen molar-refractivity contribution in [3.63, 3.8) is 0 Å². The van der Waals surface area contributed by atoms with Gasteiger partial charge in [-0.3, -0.25) is 0 Å². The van der Waals surface area contributed by atoms with Gasteiger partial charge in [-0.15, -0.1) is 0 Å². The molecular formula is C32H24O6. The lowest BCUT2D eigenvalue weighted by atomic mass is 9.85. The van der Waals surface area contributed by atoms with Crippen molar-refractivity contribution in [2.45, 2.75) is 48.2 Å². The monoisotopic (exact) mass is 504 g/mol. The van der Waals surface area contributed by atoms with Gasteiger partial charge in [-0.25, -0.2) is 0 Å². The lowest BCUT2D eigenvalue weighted by Crippen LogP contribution is -2.61. The first-order valence-corrected chi connectivity index (χ1v) is 13.1. The van der Waals surface area contributed by atoms with Gasteiger partial charge in [-0.2, -0.15) is 0 Å². The SMILES string of the molecule is OC1[C@H]2OC3(O[C@H]2C(O)[C@@H]2OC4(O[C@@H]12)c1ccccc1-c1ccccc14)c1ccccc1-c1ccccc13. The van der Waals surface area contributed by atoms with Crippen LogP contribution in [0.1, 0.15) is 22.3 Å². The smallest absolute Gasteiger partial charge is 0.224 e. The van der Waals surface area contributed by atoms with Crippen LogP contribution in [0.5, 0.6) is 0 Å². The number of rotatable bonds is 0. The second kappa shape index (κ2) is 7.18. The second-order valence-corrected chi connectivity index (χ2v) is 10.7. The number of aliphatic hydroxyl groups excluding tert-OH is 2. The van der Waals surface area contributed by atoms with E-state index in [-0.39, 0.29) is 0 Å². The minimum Gasteiger partial charge on any atom is -0.387 e. The van der Waals surface area contributed by atoms with Crippen LogP contribution in [0.2, 0.25) is 0 Å². The Morgan fingerprint density at radius 3 is 0.895 bits per heavy atom. The molecule has 2 spiro atoms. The minimum absolute atomic E-state index is 0.809. The Kier molecular flexibility index (Phi) is 4.07. The van der Waals surface area contributed by atoms with E-state index in [9.17, 15) is 10.2 Å². The van der Waals surface area contributed by atoms with Crippen molar-refractivity contribution in [3.8, 4) is 22.3 Å². The van der Waals surface area contributed by atoms with Crippen LogP contribution in [0.25, 0.3) is 22.3 Å². The molecule has 0 amide bonds. The summed E-state index contributed by atoms with van der Waals surface area (Å²) in [4.78, 5) is 0. The maximum atomic E-state index is 11.7. The van der Waals surface area contributed by atoms with E-state index in [1.807, 2.05) is 97.1 Å². The van der Waals surface area contributed by atoms with Gasteiger partial charge in [0.1, 0.15) is 36.6 Å². The first-order chi connectivity index (χ1) is 18.6. The zero-order chi connectivity index (χ0) is 25.2. The molecule has 38 heavy (non-hydrogen) atoms. The van der Waals surface area contributed by atoms with E-state index in [0.717, 1.165) is 44.5 Å². The Morgan fingerprint density at radius 2 is 0.632 bits per heavy atom. The summed E-state index contributed by atoms with van der Waals surface area (Å²) in [7, 11) is 0. The highest BCUT2D eigenvalue weighted by Gasteiger charge is 2.68. The van der Waals surface area contributed by atoms with Gasteiger partial charge in [0.05, 0.1) is 0 Å². The molecule has 6 nitrogen and oxygen atoms in total. The molecule has 3 aliphatic carbocycles. The van der Waals surface area contributed by atoms with E-state index < -0.39 is 48.2 Å². The standard InChI is InChI=1S/C32H24O6/c33-25-27-28(36-31(35-27)21-13-5-1-9-17(21)18-10-2-6-14-22(18)31)26(34)30-29(25)37-32(38-30)23-15-7-3-11-19(23)20-12-4-8-16-24(20)32/h1-16,25-30,33-34H/t25?,26?,27-,28-,29-,30+/m0/s1. The Labute approximate surface area is 219 Å². The molecule has 0 radical (unpaired) electrons. The summed E-state index contributed by atoms with van der Waals surface area (Å²) in [6.07, 6.45) is -5.39. The van der Waals surface area contributed by atoms with Crippen LogP contribution in [-0.2, 0) is 30.5 Å². The highest BCUT2D eigenvalue weighted by atomic mass is 16.8. The number of hydrogen-bond acceptors (Lipinski definition) is 6. The molecular weight excluding hydrogens is 480 g/mol. The Bertz CT molecular complexity index is 1390. The third kappa shape index (κ3) is 2.40. The Balaban J connectivity index is 1.14. The Hall–Kier alpha value is -3.36. The van der Waals surface area contributed by atoms with E-state index in [2.05, 4.69) is 0 Å². The first-order valence-electron chi connectivity index (χ1n) is 13.1. The molecule has 4 aromatic carbocycles. The van der Waals surface area contributed by atoms with Gasteiger partial charge in [0.25, 0.3) is 0 Å². The average Bonchev–Trinajstić information content (AvgIpc) is 3.71. The zero-order valence-corrected chi connectivity index (χ0v) is 20.2. The van der Waals surface area contributed by atoms with Gasteiger partial charge in [0.2, 0.25) is 11.6 Å². The fraction of sp³-hybridized carbons (Fsp3) is 0.250. The molecule has 1 saturated carbocycles. The highest BCUT2D eigenvalue weighted by molar-refractivity contribution is 5.80. The van der Waals surface area contributed by atoms with Crippen molar-refractivity contribution in [1.29, 1.82) is 0 Å². The molecule has 2 aliphatic heterocycles. The van der Waals surface area contributed by atoms with Gasteiger partial charge < -0.3 is 29.2 Å². The summed E-state index contributed by atoms with van der Waals surface area (Å²) in [5, 5.41) is 23.5. The van der Waals surface area contributed by atoms with E-state index in [4.69, 9.17) is 18.9 Å². The van der Waals surface area contributed by atoms with E-state index in [1.54, 1.807) is 0 Å². The summed E-state index contributed by atoms with van der Waals surface area (Å²) < 4.78 is 26.7. The molecule has 4 aromatic rings. The molecule has 0 aromatic heterocycles. The van der Waals surface area contributed by atoms with Crippen LogP contribution in [-0.4, -0.2) is 46.8 Å². The maximum absolute atomic E-state index is 11.7. The van der Waals surface area contributed by atoms with Crippen molar-refractivity contribution in [3.05, 3.63) is 119 Å². The van der Waals surface area contributed by atoms with Crippen molar-refractivity contribution in [2.75, 3.05) is 0 Å². The average molecular weight is 505 g/mol. The number of hydrogen-bond donors (Lipinski definition) is 2. The van der Waals surface area contributed by atoms with Crippen LogP contribution in [0, 0.1) is 0 Å². The van der Waals surface area contributed by atoms with Crippen LogP contribution in [0.4, 0.5) is 0 Å². The molecule has 2 N–H and O–H groups in total. The molecule has 6 heteroatoms. The molecule has 9 rings (SSSR count). The largest absolute Gasteiger partial charge is 0.387 e. The second-order valence-electron chi connectivity index (χ2n) is 10.7. The first kappa shape index (κ1) is 21.6. The van der Waals surface area contributed by atoms with Crippen LogP contribution < -0.4 is 0 Å². The molecule has 5 aliphatic rings. The molecule has 2 heterocycles. The van der Waals surface area contributed by atoms with Crippen molar-refractivity contribution >= 4 is 0 Å². The predicted molar refractivity (Wildman–Crippen MR) is 137 cm³/mol. The fourth-order valence-corrected chi connectivity index (χ4v) is 7.34. The zero-order valence-electron chi connectivity index (χ0n) is 20.2. The van der Waals surface area contributed by atoms with Crippen LogP contribution in [0.3, 0.4) is 0 Å². The summed E-state index contributed by atoms with van der Waals surface area (Å²) in [5.41, 5.74) is 7.59. The molecule has 2 saturated heterocycles. The summed E-state index contributed by atoms with van der Waals surface area (Å²) in [5.74, 6) is -2.43. The maximum Gasteiger partial charge on any atom is 0.224 e. The third-order valence-electron chi connectivity index (χ3n) is 8.91. The lowest BCUT2D eigenvalue weighted by Gasteiger charge is -2.38. The van der Waals surface area contributed by atoms with Gasteiger partial charge in [-0.05, 0) is 22.3 Å². The van der Waals surface area contributed by atoms with E-state index >= 15 is 0 Å². The quantitative estimate of drug-likeness (QED) is 0.376. The number of aliphatic hydroxyl groups is 2. The van der Waals surface area contributed by atoms with Crippen molar-refractivity contribution in [1.82, 2.24) is 0 Å². The van der Waals surface area contributed by atoms with Crippen molar-refractivity contribution < 1.29 is 29.2 Å². The molecule has 188 valence electrons. The molecule has 0 bridgehead atoms.